The minimum Gasteiger partial charge on any atom is -0.347 e. The largest absolute Gasteiger partial charge is 0.347 e. The third kappa shape index (κ3) is 2.92. The summed E-state index contributed by atoms with van der Waals surface area (Å²) in [5.74, 6) is -0.252. The quantitative estimate of drug-likeness (QED) is 0.686. The molecule has 0 atom stereocenters. The van der Waals surface area contributed by atoms with Gasteiger partial charge in [0.05, 0.1) is 0 Å². The smallest absolute Gasteiger partial charge is 0.261 e. The molecule has 0 unspecified atom stereocenters. The average Bonchev–Trinajstić information content (AvgIpc) is 3.12. The Morgan fingerprint density at radius 1 is 1.38 bits per heavy atom. The van der Waals surface area contributed by atoms with Gasteiger partial charge in [-0.1, -0.05) is 32.0 Å². The lowest BCUT2D eigenvalue weighted by molar-refractivity contribution is -0.121. The van der Waals surface area contributed by atoms with Crippen LogP contribution in [-0.4, -0.2) is 33.9 Å². The molecule has 3 rings (SSSR count). The van der Waals surface area contributed by atoms with Crippen LogP contribution in [-0.2, 0) is 16.8 Å². The molecule has 0 saturated carbocycles. The predicted molar refractivity (Wildman–Crippen MR) is 92.6 cm³/mol. The highest BCUT2D eigenvalue weighted by Crippen LogP contribution is 2.46. The maximum Gasteiger partial charge on any atom is 0.261 e. The van der Waals surface area contributed by atoms with E-state index in [9.17, 15) is 4.79 Å². The van der Waals surface area contributed by atoms with Crippen LogP contribution < -0.4 is 10.3 Å². The molecule has 1 N–H and O–H groups in total. The number of nitrogens with one attached hydrogen (secondary N) is 1. The molecule has 124 valence electrons. The van der Waals surface area contributed by atoms with E-state index in [0.29, 0.717) is 0 Å². The first-order valence-electron chi connectivity index (χ1n) is 7.68. The number of rotatable bonds is 4. The number of para-hydroxylation sites is 1. The molecular formula is C17H20N6O. The molecule has 2 aromatic rings. The van der Waals surface area contributed by atoms with Crippen LogP contribution in [0.1, 0.15) is 19.4 Å². The summed E-state index contributed by atoms with van der Waals surface area (Å²) in [6.07, 6.45) is 6.41. The van der Waals surface area contributed by atoms with Crippen molar-refractivity contribution >= 4 is 17.8 Å². The summed E-state index contributed by atoms with van der Waals surface area (Å²) in [7, 11) is 2.04. The average molecular weight is 324 g/mol. The highest BCUT2D eigenvalue weighted by molar-refractivity contribution is 5.81. The van der Waals surface area contributed by atoms with Crippen molar-refractivity contribution in [2.75, 3.05) is 11.9 Å². The SMILES string of the molecule is CN1/C(=C\C=N\NC(=O)Cn2cncn2)C(C)(C)c2ccccc21. The molecule has 7 nitrogen and oxygen atoms in total. The van der Waals surface area contributed by atoms with Gasteiger partial charge in [0.1, 0.15) is 19.2 Å². The summed E-state index contributed by atoms with van der Waals surface area (Å²) >= 11 is 0. The number of nitrogens with zero attached hydrogens (tertiary/aromatic N) is 5. The summed E-state index contributed by atoms with van der Waals surface area (Å²) in [4.78, 5) is 17.7. The standard InChI is InChI=1S/C17H20N6O/c1-17(2)13-6-4-5-7-14(13)22(3)15(17)8-9-19-21-16(24)10-23-12-18-11-20-23/h4-9,11-12H,10H2,1-3H3,(H,21,24)/b15-8-,19-9+. The number of likely N-dealkylation sites (N-methyl/N-ethyl adjacent to an activating group) is 1. The van der Waals surface area contributed by atoms with E-state index in [-0.39, 0.29) is 17.9 Å². The molecule has 1 aromatic carbocycles. The first-order chi connectivity index (χ1) is 11.5. The molecule has 0 saturated heterocycles. The normalized spacial score (nSPS) is 17.5. The molecule has 1 aliphatic rings. The van der Waals surface area contributed by atoms with Crippen LogP contribution in [0, 0.1) is 0 Å². The van der Waals surface area contributed by atoms with Gasteiger partial charge in [0.2, 0.25) is 0 Å². The molecular weight excluding hydrogens is 304 g/mol. The van der Waals surface area contributed by atoms with Gasteiger partial charge in [-0.25, -0.2) is 15.1 Å². The Bertz CT molecular complexity index is 791. The van der Waals surface area contributed by atoms with Gasteiger partial charge >= 0.3 is 0 Å². The third-order valence-electron chi connectivity index (χ3n) is 4.21. The number of benzene rings is 1. The predicted octanol–water partition coefficient (Wildman–Crippen LogP) is 1.69. The fraction of sp³-hybridized carbons (Fsp3) is 0.294. The second kappa shape index (κ2) is 6.27. The lowest BCUT2D eigenvalue weighted by Gasteiger charge is -2.23. The maximum atomic E-state index is 11.7. The van der Waals surface area contributed by atoms with Gasteiger partial charge in [0.15, 0.2) is 0 Å². The van der Waals surface area contributed by atoms with Crippen LogP contribution in [0.3, 0.4) is 0 Å². The summed E-state index contributed by atoms with van der Waals surface area (Å²) in [5.41, 5.74) is 5.97. The number of fused-ring (bicyclic) bond motifs is 1. The zero-order chi connectivity index (χ0) is 17.2. The van der Waals surface area contributed by atoms with E-state index in [4.69, 9.17) is 0 Å². The number of hydrazone groups is 1. The first-order valence-corrected chi connectivity index (χ1v) is 7.68. The van der Waals surface area contributed by atoms with Gasteiger partial charge < -0.3 is 4.90 Å². The molecule has 0 fully saturated rings. The second-order valence-corrected chi connectivity index (χ2v) is 6.16. The Kier molecular flexibility index (Phi) is 4.16. The van der Waals surface area contributed by atoms with Crippen molar-refractivity contribution < 1.29 is 4.79 Å². The molecule has 2 heterocycles. The number of anilines is 1. The van der Waals surface area contributed by atoms with Gasteiger partial charge in [-0.2, -0.15) is 10.2 Å². The molecule has 0 bridgehead atoms. The Balaban J connectivity index is 1.67. The van der Waals surface area contributed by atoms with Crippen molar-refractivity contribution in [2.45, 2.75) is 25.8 Å². The topological polar surface area (TPSA) is 75.4 Å². The van der Waals surface area contributed by atoms with Crippen LogP contribution in [0.2, 0.25) is 0 Å². The van der Waals surface area contributed by atoms with Crippen molar-refractivity contribution in [1.82, 2.24) is 20.2 Å². The molecule has 7 heteroatoms. The van der Waals surface area contributed by atoms with Gasteiger partial charge in [-0.05, 0) is 17.7 Å². The number of amides is 1. The van der Waals surface area contributed by atoms with Crippen LogP contribution >= 0.6 is 0 Å². The summed E-state index contributed by atoms with van der Waals surface area (Å²) in [6, 6.07) is 8.33. The van der Waals surface area contributed by atoms with Gasteiger partial charge in [0.25, 0.3) is 5.91 Å². The number of aromatic nitrogens is 3. The van der Waals surface area contributed by atoms with Gasteiger partial charge in [-0.3, -0.25) is 4.79 Å². The fourth-order valence-corrected chi connectivity index (χ4v) is 3.02. The molecule has 1 aliphatic heterocycles. The van der Waals surface area contributed by atoms with Crippen molar-refractivity contribution in [3.8, 4) is 0 Å². The second-order valence-electron chi connectivity index (χ2n) is 6.16. The summed E-state index contributed by atoms with van der Waals surface area (Å²) in [6.45, 7) is 4.45. The number of carbonyl (C=O) groups excluding carboxylic acids is 1. The van der Waals surface area contributed by atoms with E-state index in [1.54, 1.807) is 6.21 Å². The van der Waals surface area contributed by atoms with Crippen LogP contribution in [0.4, 0.5) is 5.69 Å². The van der Waals surface area contributed by atoms with Gasteiger partial charge in [0, 0.05) is 30.1 Å². The van der Waals surface area contributed by atoms with Crippen molar-refractivity contribution in [1.29, 1.82) is 0 Å². The number of allylic oxidation sites excluding steroid dienone is 2. The molecule has 1 amide bonds. The minimum atomic E-state index is -0.252. The first kappa shape index (κ1) is 15.9. The Morgan fingerprint density at radius 3 is 2.88 bits per heavy atom. The van der Waals surface area contributed by atoms with Crippen molar-refractivity contribution in [3.63, 3.8) is 0 Å². The van der Waals surface area contributed by atoms with Crippen LogP contribution in [0.25, 0.3) is 0 Å². The number of hydrogen-bond donors (Lipinski definition) is 1. The lowest BCUT2D eigenvalue weighted by atomic mass is 9.84. The van der Waals surface area contributed by atoms with E-state index in [0.717, 1.165) is 5.70 Å². The highest BCUT2D eigenvalue weighted by Gasteiger charge is 2.37. The van der Waals surface area contributed by atoms with E-state index >= 15 is 0 Å². The highest BCUT2D eigenvalue weighted by atomic mass is 16.2. The molecule has 0 radical (unpaired) electrons. The van der Waals surface area contributed by atoms with Crippen LogP contribution in [0.15, 0.2) is 53.8 Å². The van der Waals surface area contributed by atoms with E-state index in [2.05, 4.69) is 57.6 Å². The zero-order valence-corrected chi connectivity index (χ0v) is 14.0. The Hall–Kier alpha value is -2.96. The lowest BCUT2D eigenvalue weighted by Crippen LogP contribution is -2.24. The van der Waals surface area contributed by atoms with E-state index in [1.807, 2.05) is 19.2 Å². The fourth-order valence-electron chi connectivity index (χ4n) is 3.02. The zero-order valence-electron chi connectivity index (χ0n) is 14.0. The van der Waals surface area contributed by atoms with Crippen LogP contribution in [0.5, 0.6) is 0 Å². The third-order valence-corrected chi connectivity index (χ3v) is 4.21. The molecule has 0 spiro atoms. The number of hydrogen-bond acceptors (Lipinski definition) is 5. The number of carbonyl (C=O) groups is 1. The molecule has 0 aliphatic carbocycles. The van der Waals surface area contributed by atoms with Crippen molar-refractivity contribution in [2.24, 2.45) is 5.10 Å². The summed E-state index contributed by atoms with van der Waals surface area (Å²) < 4.78 is 1.44. The monoisotopic (exact) mass is 324 g/mol. The maximum absolute atomic E-state index is 11.7. The van der Waals surface area contributed by atoms with Gasteiger partial charge in [-0.15, -0.1) is 0 Å². The Labute approximate surface area is 140 Å². The minimum absolute atomic E-state index is 0.0880. The summed E-state index contributed by atoms with van der Waals surface area (Å²) in [5, 5.41) is 7.86. The Morgan fingerprint density at radius 2 is 2.17 bits per heavy atom. The molecule has 1 aromatic heterocycles. The van der Waals surface area contributed by atoms with E-state index < -0.39 is 0 Å². The van der Waals surface area contributed by atoms with Crippen molar-refractivity contribution in [3.05, 3.63) is 54.3 Å². The molecule has 24 heavy (non-hydrogen) atoms. The van der Waals surface area contributed by atoms with E-state index in [1.165, 1.54) is 28.6 Å².